The normalized spacial score (nSPS) is 17.7. The van der Waals surface area contributed by atoms with E-state index in [1.807, 2.05) is 23.9 Å². The van der Waals surface area contributed by atoms with Gasteiger partial charge in [-0.25, -0.2) is 8.42 Å². The lowest BCUT2D eigenvalue weighted by Crippen LogP contribution is -2.54. The van der Waals surface area contributed by atoms with Crippen molar-refractivity contribution in [1.82, 2.24) is 4.90 Å². The highest BCUT2D eigenvalue weighted by atomic mass is 32.2. The molecule has 0 bridgehead atoms. The molecule has 3 aromatic rings. The Morgan fingerprint density at radius 3 is 2.00 bits per heavy atom. The van der Waals surface area contributed by atoms with Gasteiger partial charge in [-0.3, -0.25) is 4.90 Å². The van der Waals surface area contributed by atoms with Crippen molar-refractivity contribution < 1.29 is 13.2 Å². The van der Waals surface area contributed by atoms with Gasteiger partial charge in [0, 0.05) is 36.4 Å². The molecule has 2 heterocycles. The molecule has 0 saturated carbocycles. The van der Waals surface area contributed by atoms with Crippen molar-refractivity contribution in [3.63, 3.8) is 0 Å². The summed E-state index contributed by atoms with van der Waals surface area (Å²) in [6.07, 6.45) is 5.65. The van der Waals surface area contributed by atoms with Crippen molar-refractivity contribution in [1.29, 1.82) is 0 Å². The van der Waals surface area contributed by atoms with Gasteiger partial charge >= 0.3 is 0 Å². The van der Waals surface area contributed by atoms with Crippen molar-refractivity contribution in [2.24, 2.45) is 0 Å². The Kier molecular flexibility index (Phi) is 7.69. The van der Waals surface area contributed by atoms with E-state index >= 15 is 0 Å². The summed E-state index contributed by atoms with van der Waals surface area (Å²) in [5.74, 6) is 2.84. The lowest BCUT2D eigenvalue weighted by Gasteiger charge is -2.48. The van der Waals surface area contributed by atoms with Crippen LogP contribution in [0.4, 0.5) is 0 Å². The number of piperidine rings is 1. The van der Waals surface area contributed by atoms with Crippen LogP contribution < -0.4 is 4.74 Å². The largest absolute Gasteiger partial charge is 0.487 e. The third kappa shape index (κ3) is 6.30. The molecule has 6 heteroatoms. The summed E-state index contributed by atoms with van der Waals surface area (Å²) in [7, 11) is -3.14. The van der Waals surface area contributed by atoms with Gasteiger partial charge in [-0.2, -0.15) is 11.8 Å². The molecule has 5 rings (SSSR count). The molecule has 4 nitrogen and oxygen atoms in total. The van der Waals surface area contributed by atoms with E-state index in [0.717, 1.165) is 61.6 Å². The molecule has 0 aliphatic carbocycles. The smallest absolute Gasteiger partial charge is 0.175 e. The number of sulfone groups is 1. The Morgan fingerprint density at radius 2 is 1.42 bits per heavy atom. The fourth-order valence-electron chi connectivity index (χ4n) is 5.55. The van der Waals surface area contributed by atoms with Crippen molar-refractivity contribution in [3.8, 4) is 16.9 Å². The third-order valence-electron chi connectivity index (χ3n) is 8.04. The molecule has 0 unspecified atom stereocenters. The second kappa shape index (κ2) is 10.7. The molecule has 1 fully saturated rings. The molecule has 1 saturated heterocycles. The zero-order valence-corrected chi connectivity index (χ0v) is 24.6. The fraction of sp³-hybridized carbons (Fsp3) is 0.438. The van der Waals surface area contributed by atoms with E-state index in [1.54, 1.807) is 12.1 Å². The van der Waals surface area contributed by atoms with Gasteiger partial charge in [0.05, 0.1) is 4.90 Å². The molecule has 0 aromatic heterocycles. The molecule has 0 atom stereocenters. The Hall–Kier alpha value is -2.28. The van der Waals surface area contributed by atoms with Crippen LogP contribution >= 0.6 is 11.8 Å². The topological polar surface area (TPSA) is 46.6 Å². The maximum Gasteiger partial charge on any atom is 0.175 e. The van der Waals surface area contributed by atoms with Crippen molar-refractivity contribution in [3.05, 3.63) is 83.4 Å². The third-order valence-corrected chi connectivity index (χ3v) is 10.2. The number of likely N-dealkylation sites (tertiary alicyclic amines) is 1. The number of benzene rings is 3. The summed E-state index contributed by atoms with van der Waals surface area (Å²) in [6.45, 7) is 9.13. The fourth-order valence-corrected chi connectivity index (χ4v) is 7.14. The summed E-state index contributed by atoms with van der Waals surface area (Å²) < 4.78 is 29.9. The van der Waals surface area contributed by atoms with E-state index in [1.165, 1.54) is 28.5 Å². The van der Waals surface area contributed by atoms with E-state index in [2.05, 4.69) is 68.1 Å². The van der Waals surface area contributed by atoms with Crippen LogP contribution in [-0.4, -0.2) is 43.8 Å². The van der Waals surface area contributed by atoms with Crippen LogP contribution in [0, 0.1) is 0 Å². The highest BCUT2D eigenvalue weighted by molar-refractivity contribution is 7.97. The van der Waals surface area contributed by atoms with E-state index < -0.39 is 9.84 Å². The monoisotopic (exact) mass is 549 g/mol. The summed E-state index contributed by atoms with van der Waals surface area (Å²) in [4.78, 5) is 2.96. The van der Waals surface area contributed by atoms with Crippen LogP contribution in [0.1, 0.15) is 56.7 Å². The first-order valence-electron chi connectivity index (χ1n) is 13.5. The molecule has 0 radical (unpaired) electrons. The van der Waals surface area contributed by atoms with Gasteiger partial charge in [-0.05, 0) is 98.5 Å². The van der Waals surface area contributed by atoms with Crippen LogP contribution in [0.3, 0.4) is 0 Å². The minimum Gasteiger partial charge on any atom is -0.487 e. The van der Waals surface area contributed by atoms with Crippen molar-refractivity contribution in [2.45, 2.75) is 74.0 Å². The average Bonchev–Trinajstić information content (AvgIpc) is 2.88. The van der Waals surface area contributed by atoms with E-state index in [0.29, 0.717) is 4.90 Å². The average molecular weight is 550 g/mol. The standard InChI is InChI=1S/C32H39NO3S2/c1-31(2,3)33-19-17-32(18-20-33)16-15-28-21-27(11-14-30(28)36-32)26-9-5-24(6-10-26)22-37-23-25-7-12-29(13-8-25)38(4,34)35/h5-14,21H,15-20,22-23H2,1-4H3. The van der Waals surface area contributed by atoms with Crippen LogP contribution in [0.25, 0.3) is 11.1 Å². The van der Waals surface area contributed by atoms with E-state index in [9.17, 15) is 8.42 Å². The maximum atomic E-state index is 11.6. The molecule has 0 amide bonds. The number of thioether (sulfide) groups is 1. The Morgan fingerprint density at radius 1 is 0.842 bits per heavy atom. The molecule has 202 valence electrons. The van der Waals surface area contributed by atoms with Gasteiger partial charge in [-0.15, -0.1) is 0 Å². The zero-order chi connectivity index (χ0) is 27.0. The molecule has 1 spiro atoms. The predicted molar refractivity (Wildman–Crippen MR) is 159 cm³/mol. The van der Waals surface area contributed by atoms with Crippen molar-refractivity contribution >= 4 is 21.6 Å². The number of fused-ring (bicyclic) bond motifs is 1. The summed E-state index contributed by atoms with van der Waals surface area (Å²) in [6, 6.07) is 22.7. The van der Waals surface area contributed by atoms with Gasteiger partial charge in [0.25, 0.3) is 0 Å². The predicted octanol–water partition coefficient (Wildman–Crippen LogP) is 7.15. The number of nitrogens with zero attached hydrogens (tertiary/aromatic N) is 1. The molecule has 0 N–H and O–H groups in total. The summed E-state index contributed by atoms with van der Waals surface area (Å²) >= 11 is 1.84. The number of aryl methyl sites for hydroxylation is 1. The molecule has 2 aliphatic heterocycles. The molecule has 38 heavy (non-hydrogen) atoms. The Balaban J connectivity index is 1.16. The SMILES string of the molecule is CC(C)(C)N1CCC2(CCc3cc(-c4ccc(CSCc5ccc(S(C)(=O)=O)cc5)cc4)ccc3O2)CC1. The summed E-state index contributed by atoms with van der Waals surface area (Å²) in [5.41, 5.74) is 6.46. The first-order valence-corrected chi connectivity index (χ1v) is 16.6. The van der Waals surface area contributed by atoms with Gasteiger partial charge in [0.1, 0.15) is 11.4 Å². The second-order valence-corrected chi connectivity index (χ2v) is 14.9. The summed E-state index contributed by atoms with van der Waals surface area (Å²) in [5, 5.41) is 0. The Labute approximate surface area is 232 Å². The zero-order valence-electron chi connectivity index (χ0n) is 23.0. The number of rotatable bonds is 6. The highest BCUT2D eigenvalue weighted by Crippen LogP contribution is 2.41. The maximum absolute atomic E-state index is 11.6. The first-order chi connectivity index (χ1) is 18.0. The number of hydrogen-bond donors (Lipinski definition) is 0. The minimum atomic E-state index is -3.14. The molecule has 2 aliphatic rings. The molecule has 3 aromatic carbocycles. The highest BCUT2D eigenvalue weighted by Gasteiger charge is 2.41. The van der Waals surface area contributed by atoms with Crippen molar-refractivity contribution in [2.75, 3.05) is 19.3 Å². The minimum absolute atomic E-state index is 0.00528. The number of ether oxygens (including phenoxy) is 1. The van der Waals surface area contributed by atoms with Gasteiger partial charge in [-0.1, -0.05) is 42.5 Å². The lowest BCUT2D eigenvalue weighted by atomic mass is 9.81. The van der Waals surface area contributed by atoms with E-state index in [4.69, 9.17) is 4.74 Å². The molecular formula is C32H39NO3S2. The quantitative estimate of drug-likeness (QED) is 0.327. The van der Waals surface area contributed by atoms with E-state index in [-0.39, 0.29) is 11.1 Å². The van der Waals surface area contributed by atoms with Crippen LogP contribution in [-0.2, 0) is 27.8 Å². The van der Waals surface area contributed by atoms with Gasteiger partial charge in [0.2, 0.25) is 0 Å². The van der Waals surface area contributed by atoms with Gasteiger partial charge < -0.3 is 4.74 Å². The van der Waals surface area contributed by atoms with Crippen LogP contribution in [0.5, 0.6) is 5.75 Å². The Bertz CT molecular complexity index is 1370. The first kappa shape index (κ1) is 27.3. The van der Waals surface area contributed by atoms with Crippen LogP contribution in [0.15, 0.2) is 71.6 Å². The number of hydrogen-bond acceptors (Lipinski definition) is 5. The lowest BCUT2D eigenvalue weighted by molar-refractivity contribution is -0.0355. The second-order valence-electron chi connectivity index (χ2n) is 11.9. The van der Waals surface area contributed by atoms with Gasteiger partial charge in [0.15, 0.2) is 9.84 Å². The van der Waals surface area contributed by atoms with Crippen LogP contribution in [0.2, 0.25) is 0 Å². The molecular weight excluding hydrogens is 510 g/mol.